The lowest BCUT2D eigenvalue weighted by Gasteiger charge is -2.11. The van der Waals surface area contributed by atoms with Crippen molar-refractivity contribution in [2.75, 3.05) is 13.2 Å². The maximum Gasteiger partial charge on any atom is 0.240 e. The summed E-state index contributed by atoms with van der Waals surface area (Å²) in [7, 11) is -3.51. The number of nitrogens with one attached hydrogen (secondary N) is 2. The second kappa shape index (κ2) is 5.16. The number of hydrogen-bond donors (Lipinski definition) is 2. The smallest absolute Gasteiger partial charge is 0.240 e. The maximum atomic E-state index is 12.2. The Kier molecular flexibility index (Phi) is 3.49. The molecule has 0 saturated carbocycles. The Morgan fingerprint density at radius 1 is 1.50 bits per heavy atom. The van der Waals surface area contributed by atoms with Crippen molar-refractivity contribution in [1.82, 2.24) is 14.7 Å². The van der Waals surface area contributed by atoms with Gasteiger partial charge in [0.2, 0.25) is 10.0 Å². The van der Waals surface area contributed by atoms with Crippen LogP contribution in [0.15, 0.2) is 23.1 Å². The zero-order chi connectivity index (χ0) is 14.2. The van der Waals surface area contributed by atoms with E-state index in [0.717, 1.165) is 29.7 Å². The lowest BCUT2D eigenvalue weighted by Crippen LogP contribution is -2.31. The van der Waals surface area contributed by atoms with Crippen molar-refractivity contribution >= 4 is 21.1 Å². The zero-order valence-electron chi connectivity index (χ0n) is 11.2. The van der Waals surface area contributed by atoms with Gasteiger partial charge < -0.3 is 9.72 Å². The van der Waals surface area contributed by atoms with Crippen molar-refractivity contribution in [1.29, 1.82) is 0 Å². The van der Waals surface area contributed by atoms with Gasteiger partial charge in [0.15, 0.2) is 0 Å². The molecule has 1 atom stereocenters. The van der Waals surface area contributed by atoms with Gasteiger partial charge in [-0.05, 0) is 38.0 Å². The molecule has 6 nitrogen and oxygen atoms in total. The predicted octanol–water partition coefficient (Wildman–Crippen LogP) is 1.33. The summed E-state index contributed by atoms with van der Waals surface area (Å²) in [6, 6.07) is 4.88. The van der Waals surface area contributed by atoms with Crippen LogP contribution in [0.1, 0.15) is 18.7 Å². The molecule has 1 unspecified atom stereocenters. The fourth-order valence-electron chi connectivity index (χ4n) is 2.37. The largest absolute Gasteiger partial charge is 0.377 e. The molecule has 1 aliphatic heterocycles. The minimum Gasteiger partial charge on any atom is -0.377 e. The second-order valence-corrected chi connectivity index (χ2v) is 6.76. The van der Waals surface area contributed by atoms with Gasteiger partial charge in [-0.15, -0.1) is 0 Å². The first-order chi connectivity index (χ1) is 9.54. The van der Waals surface area contributed by atoms with Crippen LogP contribution in [0.3, 0.4) is 0 Å². The molecule has 1 aromatic carbocycles. The average molecular weight is 295 g/mol. The van der Waals surface area contributed by atoms with Crippen molar-refractivity contribution in [2.45, 2.75) is 30.8 Å². The number of imidazole rings is 1. The fraction of sp³-hybridized carbons (Fsp3) is 0.462. The molecule has 1 saturated heterocycles. The highest BCUT2D eigenvalue weighted by molar-refractivity contribution is 7.89. The number of aromatic amines is 1. The third-order valence-electron chi connectivity index (χ3n) is 3.41. The summed E-state index contributed by atoms with van der Waals surface area (Å²) in [4.78, 5) is 7.54. The highest BCUT2D eigenvalue weighted by atomic mass is 32.2. The first-order valence-electron chi connectivity index (χ1n) is 6.62. The zero-order valence-corrected chi connectivity index (χ0v) is 12.0. The fourth-order valence-corrected chi connectivity index (χ4v) is 3.47. The van der Waals surface area contributed by atoms with Gasteiger partial charge in [0.05, 0.1) is 22.0 Å². The van der Waals surface area contributed by atoms with Gasteiger partial charge in [-0.1, -0.05) is 0 Å². The summed E-state index contributed by atoms with van der Waals surface area (Å²) < 4.78 is 32.5. The van der Waals surface area contributed by atoms with E-state index in [1.54, 1.807) is 18.2 Å². The SMILES string of the molecule is Cc1nc2ccc(S(=O)(=O)NCC3CCCO3)cc2[nH]1. The summed E-state index contributed by atoms with van der Waals surface area (Å²) in [6.45, 7) is 2.87. The van der Waals surface area contributed by atoms with Crippen molar-refractivity contribution in [3.63, 3.8) is 0 Å². The predicted molar refractivity (Wildman–Crippen MR) is 75.0 cm³/mol. The number of H-pyrrole nitrogens is 1. The van der Waals surface area contributed by atoms with Crippen LogP contribution in [-0.4, -0.2) is 37.6 Å². The van der Waals surface area contributed by atoms with E-state index in [1.807, 2.05) is 6.92 Å². The van der Waals surface area contributed by atoms with Crippen LogP contribution >= 0.6 is 0 Å². The average Bonchev–Trinajstić information content (AvgIpc) is 3.03. The topological polar surface area (TPSA) is 84.1 Å². The number of aryl methyl sites for hydroxylation is 1. The van der Waals surface area contributed by atoms with Gasteiger partial charge in [-0.2, -0.15) is 0 Å². The van der Waals surface area contributed by atoms with E-state index in [2.05, 4.69) is 14.7 Å². The number of sulfonamides is 1. The van der Waals surface area contributed by atoms with E-state index < -0.39 is 10.0 Å². The number of fused-ring (bicyclic) bond motifs is 1. The number of nitrogens with zero attached hydrogens (tertiary/aromatic N) is 1. The molecule has 0 amide bonds. The van der Waals surface area contributed by atoms with E-state index >= 15 is 0 Å². The van der Waals surface area contributed by atoms with Gasteiger partial charge in [0.1, 0.15) is 5.82 Å². The number of benzene rings is 1. The van der Waals surface area contributed by atoms with Gasteiger partial charge >= 0.3 is 0 Å². The Morgan fingerprint density at radius 2 is 2.35 bits per heavy atom. The molecule has 2 aromatic rings. The summed E-state index contributed by atoms with van der Waals surface area (Å²) >= 11 is 0. The first-order valence-corrected chi connectivity index (χ1v) is 8.10. The molecule has 0 aliphatic carbocycles. The lowest BCUT2D eigenvalue weighted by molar-refractivity contribution is 0.114. The van der Waals surface area contributed by atoms with Gasteiger partial charge in [-0.3, -0.25) is 0 Å². The second-order valence-electron chi connectivity index (χ2n) is 4.99. The molecule has 2 N–H and O–H groups in total. The van der Waals surface area contributed by atoms with Crippen LogP contribution in [0.5, 0.6) is 0 Å². The van der Waals surface area contributed by atoms with Crippen LogP contribution in [0.25, 0.3) is 11.0 Å². The molecule has 0 spiro atoms. The van der Waals surface area contributed by atoms with E-state index in [9.17, 15) is 8.42 Å². The third-order valence-corrected chi connectivity index (χ3v) is 4.83. The molecule has 2 heterocycles. The number of hydrogen-bond acceptors (Lipinski definition) is 4. The monoisotopic (exact) mass is 295 g/mol. The summed E-state index contributed by atoms with van der Waals surface area (Å²) in [6.07, 6.45) is 1.88. The van der Waals surface area contributed by atoms with Crippen LogP contribution in [0, 0.1) is 6.92 Å². The van der Waals surface area contributed by atoms with Gasteiger partial charge in [-0.25, -0.2) is 18.1 Å². The van der Waals surface area contributed by atoms with E-state index in [0.29, 0.717) is 13.2 Å². The third kappa shape index (κ3) is 2.70. The molecular weight excluding hydrogens is 278 g/mol. The molecule has 7 heteroatoms. The van der Waals surface area contributed by atoms with Crippen molar-refractivity contribution in [3.05, 3.63) is 24.0 Å². The molecular formula is C13H17N3O3S. The number of ether oxygens (including phenoxy) is 1. The Hall–Kier alpha value is -1.44. The van der Waals surface area contributed by atoms with Gasteiger partial charge in [0.25, 0.3) is 0 Å². The quantitative estimate of drug-likeness (QED) is 0.891. The standard InChI is InChI=1S/C13H17N3O3S/c1-9-15-12-5-4-11(7-13(12)16-9)20(17,18)14-8-10-3-2-6-19-10/h4-5,7,10,14H,2-3,6,8H2,1H3,(H,15,16). The number of aromatic nitrogens is 2. The van der Waals surface area contributed by atoms with E-state index in [4.69, 9.17) is 4.74 Å². The summed E-state index contributed by atoms with van der Waals surface area (Å²) in [5, 5.41) is 0. The Labute approximate surface area is 117 Å². The summed E-state index contributed by atoms with van der Waals surface area (Å²) in [5.74, 6) is 0.766. The normalized spacial score (nSPS) is 19.8. The number of rotatable bonds is 4. The minimum atomic E-state index is -3.51. The molecule has 20 heavy (non-hydrogen) atoms. The van der Waals surface area contributed by atoms with E-state index in [1.165, 1.54) is 0 Å². The van der Waals surface area contributed by atoms with E-state index in [-0.39, 0.29) is 11.0 Å². The summed E-state index contributed by atoms with van der Waals surface area (Å²) in [5.41, 5.74) is 1.49. The van der Waals surface area contributed by atoms with Crippen molar-refractivity contribution < 1.29 is 13.2 Å². The molecule has 108 valence electrons. The Morgan fingerprint density at radius 3 is 3.10 bits per heavy atom. The molecule has 1 aromatic heterocycles. The Balaban J connectivity index is 1.80. The molecule has 1 fully saturated rings. The minimum absolute atomic E-state index is 0.0112. The van der Waals surface area contributed by atoms with Gasteiger partial charge in [0, 0.05) is 13.2 Å². The highest BCUT2D eigenvalue weighted by Gasteiger charge is 2.20. The van der Waals surface area contributed by atoms with Crippen LogP contribution in [0.4, 0.5) is 0 Å². The molecule has 1 aliphatic rings. The van der Waals surface area contributed by atoms with Crippen LogP contribution in [0.2, 0.25) is 0 Å². The van der Waals surface area contributed by atoms with Crippen LogP contribution < -0.4 is 4.72 Å². The van der Waals surface area contributed by atoms with Crippen LogP contribution in [-0.2, 0) is 14.8 Å². The maximum absolute atomic E-state index is 12.2. The molecule has 0 radical (unpaired) electrons. The Bertz CT molecular complexity index is 718. The lowest BCUT2D eigenvalue weighted by atomic mass is 10.2. The van der Waals surface area contributed by atoms with Crippen molar-refractivity contribution in [2.24, 2.45) is 0 Å². The highest BCUT2D eigenvalue weighted by Crippen LogP contribution is 2.18. The van der Waals surface area contributed by atoms with Crippen molar-refractivity contribution in [3.8, 4) is 0 Å². The molecule has 0 bridgehead atoms. The molecule has 3 rings (SSSR count). The first kappa shape index (κ1) is 13.5.